The molecule has 0 spiro atoms. The molecule has 140 valence electrons. The van der Waals surface area contributed by atoms with E-state index in [2.05, 4.69) is 28.1 Å². The molecule has 27 heavy (non-hydrogen) atoms. The van der Waals surface area contributed by atoms with Crippen molar-refractivity contribution >= 4 is 27.3 Å². The summed E-state index contributed by atoms with van der Waals surface area (Å²) in [5.74, 6) is 1.45. The zero-order valence-electron chi connectivity index (χ0n) is 15.5. The van der Waals surface area contributed by atoms with Gasteiger partial charge in [-0.15, -0.1) is 10.2 Å². The number of para-hydroxylation sites is 1. The molecule has 0 bridgehead atoms. The smallest absolute Gasteiger partial charge is 0.235 e. The number of likely N-dealkylation sites (tertiary alicyclic amines) is 1. The Labute approximate surface area is 161 Å². The van der Waals surface area contributed by atoms with E-state index in [1.807, 2.05) is 22.7 Å². The Morgan fingerprint density at radius 1 is 1.07 bits per heavy atom. The Morgan fingerprint density at radius 3 is 2.70 bits per heavy atom. The maximum Gasteiger partial charge on any atom is 0.235 e. The molecule has 1 fully saturated rings. The Kier molecular flexibility index (Phi) is 4.41. The van der Waals surface area contributed by atoms with Gasteiger partial charge < -0.3 is 9.32 Å². The van der Waals surface area contributed by atoms with Gasteiger partial charge in [-0.25, -0.2) is 0 Å². The van der Waals surface area contributed by atoms with E-state index >= 15 is 0 Å². The van der Waals surface area contributed by atoms with Gasteiger partial charge in [-0.2, -0.15) is 9.61 Å². The molecule has 6 nitrogen and oxygen atoms in total. The first-order valence-electron chi connectivity index (χ1n) is 9.71. The highest BCUT2D eigenvalue weighted by atomic mass is 32.1. The molecule has 1 aliphatic rings. The highest BCUT2D eigenvalue weighted by Gasteiger charge is 2.20. The van der Waals surface area contributed by atoms with Crippen LogP contribution in [0.1, 0.15) is 36.3 Å². The summed E-state index contributed by atoms with van der Waals surface area (Å²) in [4.78, 5) is 3.40. The third kappa shape index (κ3) is 3.15. The summed E-state index contributed by atoms with van der Waals surface area (Å²) in [6, 6.07) is 8.07. The molecule has 4 aromatic rings. The highest BCUT2D eigenvalue weighted by Crippen LogP contribution is 2.32. The fourth-order valence-electron chi connectivity index (χ4n) is 3.90. The van der Waals surface area contributed by atoms with Crippen molar-refractivity contribution in [3.8, 4) is 11.6 Å². The third-order valence-corrected chi connectivity index (χ3v) is 6.38. The van der Waals surface area contributed by atoms with Crippen molar-refractivity contribution in [3.05, 3.63) is 34.8 Å². The molecular formula is C20H23N5OS. The zero-order valence-corrected chi connectivity index (χ0v) is 16.3. The normalized spacial score (nSPS) is 16.3. The van der Waals surface area contributed by atoms with Crippen molar-refractivity contribution in [1.82, 2.24) is 24.7 Å². The average molecular weight is 382 g/mol. The third-order valence-electron chi connectivity index (χ3n) is 5.42. The van der Waals surface area contributed by atoms with Gasteiger partial charge in [-0.3, -0.25) is 0 Å². The molecule has 0 atom stereocenters. The van der Waals surface area contributed by atoms with E-state index in [1.54, 1.807) is 11.3 Å². The molecule has 3 aromatic heterocycles. The van der Waals surface area contributed by atoms with Crippen molar-refractivity contribution in [3.63, 3.8) is 0 Å². The van der Waals surface area contributed by atoms with E-state index in [0.717, 1.165) is 45.2 Å². The molecule has 5 rings (SSSR count). The predicted octanol–water partition coefficient (Wildman–Crippen LogP) is 4.33. The summed E-state index contributed by atoms with van der Waals surface area (Å²) in [7, 11) is 0. The average Bonchev–Trinajstić information content (AvgIpc) is 3.27. The van der Waals surface area contributed by atoms with Gasteiger partial charge in [-0.1, -0.05) is 42.4 Å². The van der Waals surface area contributed by atoms with Crippen LogP contribution in [0.3, 0.4) is 0 Å². The monoisotopic (exact) mass is 381 g/mol. The minimum Gasteiger partial charge on any atom is -0.452 e. The lowest BCUT2D eigenvalue weighted by Gasteiger charge is -2.18. The summed E-state index contributed by atoms with van der Waals surface area (Å²) in [6.07, 6.45) is 6.34. The second-order valence-corrected chi connectivity index (χ2v) is 8.31. The van der Waals surface area contributed by atoms with E-state index in [-0.39, 0.29) is 0 Å². The standard InChI is InChI=1S/C20H23N5OS/c1-14-15-8-4-5-9-16(15)26-18(14)19-21-22-20-25(19)23-17(27-20)10-13-24-11-6-2-3-7-12-24/h4-5,8-9H,2-3,6-7,10-13H2,1H3. The number of nitrogens with zero attached hydrogens (tertiary/aromatic N) is 5. The van der Waals surface area contributed by atoms with Crippen molar-refractivity contribution in [2.24, 2.45) is 0 Å². The van der Waals surface area contributed by atoms with Crippen LogP contribution in [0, 0.1) is 6.92 Å². The van der Waals surface area contributed by atoms with Gasteiger partial charge in [0.15, 0.2) is 5.76 Å². The number of benzene rings is 1. The van der Waals surface area contributed by atoms with Crippen LogP contribution in [0.4, 0.5) is 0 Å². The predicted molar refractivity (Wildman–Crippen MR) is 107 cm³/mol. The number of fused-ring (bicyclic) bond motifs is 2. The minimum absolute atomic E-state index is 0.691. The molecule has 7 heteroatoms. The Hall–Kier alpha value is -2.25. The van der Waals surface area contributed by atoms with Gasteiger partial charge in [0.1, 0.15) is 10.6 Å². The van der Waals surface area contributed by atoms with Crippen LogP contribution in [-0.4, -0.2) is 44.3 Å². The van der Waals surface area contributed by atoms with Crippen LogP contribution in [0.15, 0.2) is 28.7 Å². The first kappa shape index (κ1) is 16.9. The molecule has 0 amide bonds. The van der Waals surface area contributed by atoms with Crippen LogP contribution in [-0.2, 0) is 6.42 Å². The second-order valence-electron chi connectivity index (χ2n) is 7.27. The molecule has 0 N–H and O–H groups in total. The van der Waals surface area contributed by atoms with Gasteiger partial charge in [0.2, 0.25) is 10.8 Å². The summed E-state index contributed by atoms with van der Waals surface area (Å²) < 4.78 is 7.90. The molecule has 0 aliphatic carbocycles. The largest absolute Gasteiger partial charge is 0.452 e. The second kappa shape index (κ2) is 7.05. The van der Waals surface area contributed by atoms with Gasteiger partial charge in [0.25, 0.3) is 0 Å². The molecule has 0 unspecified atom stereocenters. The van der Waals surface area contributed by atoms with E-state index in [0.29, 0.717) is 5.82 Å². The lowest BCUT2D eigenvalue weighted by molar-refractivity contribution is 0.288. The Bertz CT molecular complexity index is 1070. The van der Waals surface area contributed by atoms with Gasteiger partial charge >= 0.3 is 0 Å². The number of aryl methyl sites for hydroxylation is 1. The van der Waals surface area contributed by atoms with E-state index in [9.17, 15) is 0 Å². The summed E-state index contributed by atoms with van der Waals surface area (Å²) in [5.41, 5.74) is 1.96. The number of hydrogen-bond donors (Lipinski definition) is 0. The van der Waals surface area contributed by atoms with Crippen LogP contribution in [0.25, 0.3) is 27.5 Å². The minimum atomic E-state index is 0.691. The number of hydrogen-bond acceptors (Lipinski definition) is 6. The van der Waals surface area contributed by atoms with Crippen LogP contribution in [0.2, 0.25) is 0 Å². The van der Waals surface area contributed by atoms with Crippen LogP contribution >= 0.6 is 11.3 Å². The number of aromatic nitrogens is 4. The van der Waals surface area contributed by atoms with E-state index in [1.165, 1.54) is 38.8 Å². The van der Waals surface area contributed by atoms with Gasteiger partial charge in [-0.05, 0) is 38.9 Å². The first-order chi connectivity index (χ1) is 13.3. The van der Waals surface area contributed by atoms with E-state index in [4.69, 9.17) is 9.52 Å². The maximum absolute atomic E-state index is 6.06. The summed E-state index contributed by atoms with van der Waals surface area (Å²) in [6.45, 7) is 5.57. The molecule has 0 saturated carbocycles. The quantitative estimate of drug-likeness (QED) is 0.527. The molecule has 0 radical (unpaired) electrons. The first-order valence-corrected chi connectivity index (χ1v) is 10.5. The summed E-state index contributed by atoms with van der Waals surface area (Å²) in [5, 5.41) is 15.7. The van der Waals surface area contributed by atoms with Crippen LogP contribution in [0.5, 0.6) is 0 Å². The molecule has 4 heterocycles. The van der Waals surface area contributed by atoms with Crippen LogP contribution < -0.4 is 0 Å². The maximum atomic E-state index is 6.06. The highest BCUT2D eigenvalue weighted by molar-refractivity contribution is 7.16. The van der Waals surface area contributed by atoms with E-state index < -0.39 is 0 Å². The lowest BCUT2D eigenvalue weighted by Crippen LogP contribution is -2.26. The Morgan fingerprint density at radius 2 is 1.89 bits per heavy atom. The molecule has 1 aromatic carbocycles. The zero-order chi connectivity index (χ0) is 18.2. The van der Waals surface area contributed by atoms with Crippen molar-refractivity contribution in [2.45, 2.75) is 39.0 Å². The SMILES string of the molecule is Cc1c(-c2nnc3sc(CCN4CCCCCC4)nn23)oc2ccccc12. The van der Waals surface area contributed by atoms with Crippen molar-refractivity contribution in [1.29, 1.82) is 0 Å². The number of rotatable bonds is 4. The molecule has 1 saturated heterocycles. The fourth-order valence-corrected chi connectivity index (χ4v) is 4.72. The van der Waals surface area contributed by atoms with Gasteiger partial charge in [0, 0.05) is 23.9 Å². The molecule has 1 aliphatic heterocycles. The lowest BCUT2D eigenvalue weighted by atomic mass is 10.1. The van der Waals surface area contributed by atoms with Crippen molar-refractivity contribution < 1.29 is 4.42 Å². The summed E-state index contributed by atoms with van der Waals surface area (Å²) >= 11 is 1.63. The van der Waals surface area contributed by atoms with Gasteiger partial charge in [0.05, 0.1) is 0 Å². The number of furan rings is 1. The topological polar surface area (TPSA) is 59.5 Å². The van der Waals surface area contributed by atoms with Crippen molar-refractivity contribution in [2.75, 3.05) is 19.6 Å². The Balaban J connectivity index is 1.42. The molecular weight excluding hydrogens is 358 g/mol. The fraction of sp³-hybridized carbons (Fsp3) is 0.450.